The minimum absolute atomic E-state index is 0.0146. The summed E-state index contributed by atoms with van der Waals surface area (Å²) < 4.78 is 55.3. The van der Waals surface area contributed by atoms with Gasteiger partial charge in [-0.3, -0.25) is 0 Å². The van der Waals surface area contributed by atoms with Crippen molar-refractivity contribution in [3.63, 3.8) is 0 Å². The Morgan fingerprint density at radius 3 is 1.07 bits per heavy atom. The lowest BCUT2D eigenvalue weighted by molar-refractivity contribution is -0.363. The third-order valence-corrected chi connectivity index (χ3v) is 5.78. The number of halogens is 5. The van der Waals surface area contributed by atoms with Gasteiger partial charge in [-0.05, 0) is 36.4 Å². The second-order valence-electron chi connectivity index (χ2n) is 5.60. The number of aliphatic carboxylic acids is 1. The molecule has 0 heterocycles. The lowest BCUT2D eigenvalue weighted by Crippen LogP contribution is -2.51. The Balaban J connectivity index is 0.000000257. The predicted octanol–water partition coefficient (Wildman–Crippen LogP) is 4.72. The molecular weight excluding hydrogens is 411 g/mol. The van der Waals surface area contributed by atoms with Gasteiger partial charge in [-0.15, -0.1) is 0 Å². The molecule has 0 atom stereocenters. The highest BCUT2D eigenvalue weighted by Gasteiger charge is 2.58. The number of hydrogen-bond donors (Lipinski definition) is 0. The smallest absolute Gasteiger partial charge is 0.459 e. The second kappa shape index (κ2) is 9.56. The maximum absolute atomic E-state index is 11.3. The number of benzene rings is 3. The van der Waals surface area contributed by atoms with Gasteiger partial charge in [0.25, 0.3) is 0 Å². The molecule has 2 nitrogen and oxygen atoms in total. The van der Waals surface area contributed by atoms with Crippen LogP contribution in [-0.2, 0) is 15.7 Å². The molecule has 152 valence electrons. The minimum atomic E-state index is -6.08. The van der Waals surface area contributed by atoms with E-state index in [9.17, 15) is 22.0 Å². The first-order valence-corrected chi connectivity index (χ1v) is 9.42. The number of rotatable bonds is 4. The molecule has 0 saturated heterocycles. The molecule has 3 rings (SSSR count). The summed E-state index contributed by atoms with van der Waals surface area (Å²) >= 11 is 0. The number of carboxylic acid groups (broad SMARTS) is 1. The van der Waals surface area contributed by atoms with Crippen molar-refractivity contribution in [2.75, 3.05) is 0 Å². The van der Waals surface area contributed by atoms with Crippen LogP contribution in [0.25, 0.3) is 0 Å². The van der Waals surface area contributed by atoms with Crippen molar-refractivity contribution in [3.05, 3.63) is 91.0 Å². The van der Waals surface area contributed by atoms with E-state index in [1.54, 1.807) is 0 Å². The van der Waals surface area contributed by atoms with Crippen molar-refractivity contribution in [2.45, 2.75) is 26.8 Å². The molecule has 29 heavy (non-hydrogen) atoms. The van der Waals surface area contributed by atoms with Crippen LogP contribution in [0.3, 0.4) is 0 Å². The molecule has 0 radical (unpaired) electrons. The molecule has 0 saturated carbocycles. The Morgan fingerprint density at radius 2 is 0.897 bits per heavy atom. The predicted molar refractivity (Wildman–Crippen MR) is 97.5 cm³/mol. The summed E-state index contributed by atoms with van der Waals surface area (Å²) in [7, 11) is -0.0146. The number of carboxylic acids is 1. The zero-order valence-electron chi connectivity index (χ0n) is 14.8. The van der Waals surface area contributed by atoms with Crippen molar-refractivity contribution in [1.29, 1.82) is 0 Å². The number of carbonyl (C=O) groups excluding carboxylic acids is 1. The minimum Gasteiger partial charge on any atom is -0.544 e. The monoisotopic (exact) mass is 426 g/mol. The summed E-state index contributed by atoms with van der Waals surface area (Å²) in [6.07, 6.45) is -6.08. The van der Waals surface area contributed by atoms with Crippen LogP contribution >= 0.6 is 0 Å². The fraction of sp³-hybridized carbons (Fsp3) is 0.0952. The third-order valence-electron chi connectivity index (χ3n) is 3.55. The first-order valence-electron chi connectivity index (χ1n) is 8.20. The molecule has 0 fully saturated rings. The van der Waals surface area contributed by atoms with Gasteiger partial charge in [0.1, 0.15) is 5.97 Å². The largest absolute Gasteiger partial charge is 0.544 e. The Hall–Kier alpha value is -2.87. The molecule has 0 N–H and O–H groups in total. The fourth-order valence-corrected chi connectivity index (χ4v) is 4.30. The van der Waals surface area contributed by atoms with E-state index in [2.05, 4.69) is 91.0 Å². The van der Waals surface area contributed by atoms with Crippen molar-refractivity contribution in [2.24, 2.45) is 0 Å². The van der Waals surface area contributed by atoms with Gasteiger partial charge in [-0.2, -0.15) is 22.0 Å². The summed E-state index contributed by atoms with van der Waals surface area (Å²) in [6, 6.07) is 32.2. The third kappa shape index (κ3) is 5.80. The van der Waals surface area contributed by atoms with Crippen LogP contribution in [0.5, 0.6) is 0 Å². The number of alkyl halides is 5. The van der Waals surface area contributed by atoms with Gasteiger partial charge in [0.05, 0.1) is 10.9 Å². The number of carbonyl (C=O) groups is 1. The highest BCUT2D eigenvalue weighted by atomic mass is 32.2. The Labute approximate surface area is 167 Å². The van der Waals surface area contributed by atoms with Crippen LogP contribution in [0.15, 0.2) is 106 Å². The molecule has 8 heteroatoms. The average Bonchev–Trinajstić information content (AvgIpc) is 2.70. The SMILES string of the molecule is O=C([O-])C(F)(F)C(F)(F)F.c1ccc([S+](c2ccccc2)c2ccccc2)cc1. The Morgan fingerprint density at radius 1 is 0.621 bits per heavy atom. The first-order chi connectivity index (χ1) is 13.6. The molecule has 0 spiro atoms. The highest BCUT2D eigenvalue weighted by Crippen LogP contribution is 2.34. The number of hydrogen-bond acceptors (Lipinski definition) is 2. The van der Waals surface area contributed by atoms with E-state index < -0.39 is 18.1 Å². The molecule has 0 bridgehead atoms. The van der Waals surface area contributed by atoms with E-state index in [1.807, 2.05) is 0 Å². The summed E-state index contributed by atoms with van der Waals surface area (Å²) in [5, 5.41) is 9.09. The fourth-order valence-electron chi connectivity index (χ4n) is 2.19. The van der Waals surface area contributed by atoms with Gasteiger partial charge >= 0.3 is 12.1 Å². The molecule has 0 aliphatic carbocycles. The quantitative estimate of drug-likeness (QED) is 0.448. The standard InChI is InChI=1S/C18H15S.C3HF5O2/c1-4-10-16(11-5-1)19(17-12-6-2-7-13-17)18-14-8-3-9-15-18;4-2(5,1(9)10)3(6,7)8/h1-15H;(H,9,10)/q+1;/p-1. The van der Waals surface area contributed by atoms with Crippen LogP contribution in [0.2, 0.25) is 0 Å². The van der Waals surface area contributed by atoms with E-state index in [0.29, 0.717) is 0 Å². The van der Waals surface area contributed by atoms with Gasteiger partial charge < -0.3 is 9.90 Å². The molecular formula is C21H15F5O2S. The highest BCUT2D eigenvalue weighted by molar-refractivity contribution is 7.97. The molecule has 0 aromatic heterocycles. The molecule has 0 amide bonds. The van der Waals surface area contributed by atoms with Gasteiger partial charge in [0.15, 0.2) is 14.7 Å². The zero-order chi connectivity index (χ0) is 21.5. The summed E-state index contributed by atoms with van der Waals surface area (Å²) in [5.41, 5.74) is 0. The van der Waals surface area contributed by atoms with Crippen molar-refractivity contribution < 1.29 is 31.9 Å². The van der Waals surface area contributed by atoms with Crippen molar-refractivity contribution in [3.8, 4) is 0 Å². The van der Waals surface area contributed by atoms with Gasteiger partial charge in [-0.25, -0.2) is 0 Å². The molecule has 3 aromatic carbocycles. The normalized spacial score (nSPS) is 11.5. The molecule has 0 aliphatic heterocycles. The summed E-state index contributed by atoms with van der Waals surface area (Å²) in [5.74, 6) is -9.20. The maximum Gasteiger partial charge on any atom is 0.459 e. The first kappa shape index (κ1) is 22.4. The Bertz CT molecular complexity index is 807. The van der Waals surface area contributed by atoms with E-state index in [1.165, 1.54) is 14.7 Å². The van der Waals surface area contributed by atoms with E-state index in [4.69, 9.17) is 9.90 Å². The topological polar surface area (TPSA) is 40.1 Å². The van der Waals surface area contributed by atoms with E-state index in [-0.39, 0.29) is 10.9 Å². The van der Waals surface area contributed by atoms with Crippen LogP contribution in [-0.4, -0.2) is 18.1 Å². The lowest BCUT2D eigenvalue weighted by atomic mass is 10.3. The van der Waals surface area contributed by atoms with Gasteiger partial charge in [0.2, 0.25) is 0 Å². The summed E-state index contributed by atoms with van der Waals surface area (Å²) in [4.78, 5) is 13.2. The van der Waals surface area contributed by atoms with Crippen molar-refractivity contribution in [1.82, 2.24) is 0 Å². The van der Waals surface area contributed by atoms with Gasteiger partial charge in [0, 0.05) is 0 Å². The molecule has 3 aromatic rings. The van der Waals surface area contributed by atoms with E-state index in [0.717, 1.165) is 0 Å². The van der Waals surface area contributed by atoms with E-state index >= 15 is 0 Å². The van der Waals surface area contributed by atoms with Crippen LogP contribution in [0.1, 0.15) is 0 Å². The van der Waals surface area contributed by atoms with Crippen LogP contribution in [0, 0.1) is 0 Å². The molecule has 0 aliphatic rings. The maximum atomic E-state index is 11.3. The van der Waals surface area contributed by atoms with Gasteiger partial charge in [-0.1, -0.05) is 54.6 Å². The summed E-state index contributed by atoms with van der Waals surface area (Å²) in [6.45, 7) is 0. The Kier molecular flexibility index (Phi) is 7.39. The van der Waals surface area contributed by atoms with Crippen LogP contribution in [0.4, 0.5) is 22.0 Å². The molecule has 0 unspecified atom stereocenters. The van der Waals surface area contributed by atoms with Crippen molar-refractivity contribution >= 4 is 16.9 Å². The second-order valence-corrected chi connectivity index (χ2v) is 7.63. The zero-order valence-corrected chi connectivity index (χ0v) is 15.6. The van der Waals surface area contributed by atoms with Crippen LogP contribution < -0.4 is 5.11 Å². The lowest BCUT2D eigenvalue weighted by Gasteiger charge is -2.19. The average molecular weight is 426 g/mol.